The van der Waals surface area contributed by atoms with Crippen molar-refractivity contribution >= 4 is 50.4 Å². The topological polar surface area (TPSA) is 135 Å². The van der Waals surface area contributed by atoms with Crippen molar-refractivity contribution in [2.24, 2.45) is 0 Å². The number of aromatic nitrogens is 4. The first kappa shape index (κ1) is 28.7. The summed E-state index contributed by atoms with van der Waals surface area (Å²) in [7, 11) is -3.84. The SMILES string of the molecule is CCC(C)OC(=O)[N+]1=c2cc(Nc3nc(N4CCc5ncn(S(=O)(=O)c6ccc(C)cc6)c5C4)c4occc4n3)ccc2=C1C. The zero-order valence-electron chi connectivity index (χ0n) is 25.3. The summed E-state index contributed by atoms with van der Waals surface area (Å²) in [6.45, 7) is 8.45. The van der Waals surface area contributed by atoms with E-state index in [-0.39, 0.29) is 17.5 Å². The Hall–Kier alpha value is -5.04. The molecule has 0 fully saturated rings. The number of amides is 1. The molecule has 5 heterocycles. The molecule has 1 N–H and O–H groups in total. The number of hydrogen-bond donors (Lipinski definition) is 1. The predicted molar refractivity (Wildman–Crippen MR) is 168 cm³/mol. The smallest absolute Gasteiger partial charge is 0.459 e. The first-order chi connectivity index (χ1) is 21.6. The lowest BCUT2D eigenvalue weighted by Gasteiger charge is -2.28. The van der Waals surface area contributed by atoms with Crippen LogP contribution in [0.25, 0.3) is 16.8 Å². The van der Waals surface area contributed by atoms with Crippen molar-refractivity contribution in [2.45, 2.75) is 58.1 Å². The summed E-state index contributed by atoms with van der Waals surface area (Å²) in [5, 5.41) is 4.98. The van der Waals surface area contributed by atoms with E-state index in [9.17, 15) is 13.2 Å². The number of carbonyl (C=O) groups excluding carboxylic acids is 1. The van der Waals surface area contributed by atoms with E-state index in [4.69, 9.17) is 14.1 Å². The predicted octanol–water partition coefficient (Wildman–Crippen LogP) is 3.84. The van der Waals surface area contributed by atoms with Crippen LogP contribution in [0.2, 0.25) is 0 Å². The Kier molecular flexibility index (Phi) is 6.92. The molecule has 2 aliphatic heterocycles. The van der Waals surface area contributed by atoms with Crippen LogP contribution in [0.15, 0.2) is 70.4 Å². The molecule has 5 aromatic rings. The quantitative estimate of drug-likeness (QED) is 0.266. The maximum atomic E-state index is 13.6. The Labute approximate surface area is 259 Å². The van der Waals surface area contributed by atoms with E-state index in [1.54, 1.807) is 41.2 Å². The van der Waals surface area contributed by atoms with Gasteiger partial charge in [0.2, 0.25) is 17.0 Å². The number of nitrogens with one attached hydrogen (secondary N) is 1. The van der Waals surface area contributed by atoms with Crippen molar-refractivity contribution in [3.63, 3.8) is 0 Å². The number of ether oxygens (including phenoxy) is 1. The van der Waals surface area contributed by atoms with Gasteiger partial charge in [0, 0.05) is 37.7 Å². The van der Waals surface area contributed by atoms with Crippen molar-refractivity contribution in [1.29, 1.82) is 0 Å². The lowest BCUT2D eigenvalue weighted by Crippen LogP contribution is -2.53. The second-order valence-electron chi connectivity index (χ2n) is 11.3. The van der Waals surface area contributed by atoms with Crippen molar-refractivity contribution in [3.8, 4) is 0 Å². The van der Waals surface area contributed by atoms with Gasteiger partial charge in [-0.15, -0.1) is 0 Å². The zero-order chi connectivity index (χ0) is 31.5. The molecule has 1 amide bonds. The van der Waals surface area contributed by atoms with Gasteiger partial charge in [-0.1, -0.05) is 29.2 Å². The highest BCUT2D eigenvalue weighted by atomic mass is 32.2. The number of carbonyl (C=O) groups is 1. The van der Waals surface area contributed by atoms with E-state index < -0.39 is 16.1 Å². The molecule has 2 aliphatic rings. The first-order valence-corrected chi connectivity index (χ1v) is 16.2. The monoisotopic (exact) mass is 626 g/mol. The van der Waals surface area contributed by atoms with Crippen LogP contribution in [0, 0.1) is 6.92 Å². The van der Waals surface area contributed by atoms with Crippen LogP contribution < -0.4 is 25.4 Å². The standard InChI is InChI=1S/C32H31N7O5S/c1-5-20(3)44-32(40)39-21(4)24-11-8-22(16-27(24)39)34-31-35-26-13-15-43-29(26)30(36-31)37-14-12-25-28(17-37)38(18-33-25)45(41,42)23-9-6-19(2)7-10-23/h6-11,13,15-16,18,20H,5,12,14,17H2,1-4H3/p+1. The number of rotatable bonds is 7. The Morgan fingerprint density at radius 2 is 1.93 bits per heavy atom. The number of fused-ring (bicyclic) bond motifs is 3. The molecule has 2 aromatic carbocycles. The normalized spacial score (nSPS) is 15.0. The van der Waals surface area contributed by atoms with Crippen LogP contribution in [0.1, 0.15) is 44.1 Å². The van der Waals surface area contributed by atoms with Crippen LogP contribution in [0.3, 0.4) is 0 Å². The molecule has 1 unspecified atom stereocenters. The fourth-order valence-electron chi connectivity index (χ4n) is 5.62. The van der Waals surface area contributed by atoms with Crippen LogP contribution in [-0.4, -0.2) is 46.1 Å². The third-order valence-electron chi connectivity index (χ3n) is 8.32. The molecular weight excluding hydrogens is 594 g/mol. The van der Waals surface area contributed by atoms with E-state index in [2.05, 4.69) is 15.3 Å². The van der Waals surface area contributed by atoms with Gasteiger partial charge >= 0.3 is 6.09 Å². The highest BCUT2D eigenvalue weighted by Gasteiger charge is 2.34. The summed E-state index contributed by atoms with van der Waals surface area (Å²) in [5.74, 6) is 0.865. The van der Waals surface area contributed by atoms with Gasteiger partial charge in [0.15, 0.2) is 11.4 Å². The second-order valence-corrected chi connectivity index (χ2v) is 13.1. The number of furan rings is 1. The van der Waals surface area contributed by atoms with Gasteiger partial charge in [0.25, 0.3) is 10.0 Å². The number of nitrogens with zero attached hydrogens (tertiary/aromatic N) is 6. The van der Waals surface area contributed by atoms with Crippen LogP contribution in [0.4, 0.5) is 22.2 Å². The minimum Gasteiger partial charge on any atom is -0.459 e. The summed E-state index contributed by atoms with van der Waals surface area (Å²) < 4.78 is 41.3. The van der Waals surface area contributed by atoms with Gasteiger partial charge in [-0.25, -0.2) is 22.4 Å². The van der Waals surface area contributed by atoms with Crippen molar-refractivity contribution < 1.29 is 22.4 Å². The lowest BCUT2D eigenvalue weighted by molar-refractivity contribution is 0.103. The Balaban J connectivity index is 1.21. The fourth-order valence-corrected chi connectivity index (χ4v) is 6.95. The summed E-state index contributed by atoms with van der Waals surface area (Å²) in [5.41, 5.74) is 4.90. The van der Waals surface area contributed by atoms with E-state index >= 15 is 0 Å². The zero-order valence-corrected chi connectivity index (χ0v) is 26.1. The number of imidazole rings is 1. The van der Waals surface area contributed by atoms with Gasteiger partial charge in [-0.05, 0) is 44.5 Å². The minimum atomic E-state index is -3.84. The van der Waals surface area contributed by atoms with Gasteiger partial charge in [-0.2, -0.15) is 9.78 Å². The largest absolute Gasteiger partial charge is 0.603 e. The number of anilines is 3. The molecule has 12 nitrogen and oxygen atoms in total. The summed E-state index contributed by atoms with van der Waals surface area (Å²) in [4.78, 5) is 28.9. The maximum absolute atomic E-state index is 13.6. The molecule has 230 valence electrons. The second kappa shape index (κ2) is 10.8. The lowest BCUT2D eigenvalue weighted by atomic mass is 10.1. The summed E-state index contributed by atoms with van der Waals surface area (Å²) >= 11 is 0. The Bertz CT molecular complexity index is 2220. The molecular formula is C32H32N7O5S+. The Morgan fingerprint density at radius 3 is 2.71 bits per heavy atom. The van der Waals surface area contributed by atoms with Crippen molar-refractivity contribution in [1.82, 2.24) is 23.5 Å². The maximum Gasteiger partial charge on any atom is 0.603 e. The number of aryl methyl sites for hydroxylation is 1. The van der Waals surface area contributed by atoms with Crippen LogP contribution in [0.5, 0.6) is 0 Å². The van der Waals surface area contributed by atoms with Crippen LogP contribution in [-0.2, 0) is 27.7 Å². The average Bonchev–Trinajstić information content (AvgIpc) is 3.68. The molecule has 0 spiro atoms. The summed E-state index contributed by atoms with van der Waals surface area (Å²) in [6.07, 6.45) is 3.61. The summed E-state index contributed by atoms with van der Waals surface area (Å²) in [6, 6.07) is 14.2. The van der Waals surface area contributed by atoms with Crippen molar-refractivity contribution in [3.05, 3.63) is 88.6 Å². The molecule has 7 rings (SSSR count). The third kappa shape index (κ3) is 4.92. The first-order valence-electron chi connectivity index (χ1n) is 14.8. The molecule has 3 aromatic heterocycles. The molecule has 0 saturated carbocycles. The molecule has 0 saturated heterocycles. The average molecular weight is 627 g/mol. The van der Waals surface area contributed by atoms with Gasteiger partial charge in [-0.3, -0.25) is 0 Å². The minimum absolute atomic E-state index is 0.184. The van der Waals surface area contributed by atoms with Crippen molar-refractivity contribution in [2.75, 3.05) is 16.8 Å². The van der Waals surface area contributed by atoms with E-state index in [0.717, 1.165) is 34.0 Å². The van der Waals surface area contributed by atoms with E-state index in [1.165, 1.54) is 10.3 Å². The fraction of sp³-hybridized carbons (Fsp3) is 0.281. The number of hydrogen-bond acceptors (Lipinski definition) is 10. The van der Waals surface area contributed by atoms with Gasteiger partial charge in [0.05, 0.1) is 29.1 Å². The van der Waals surface area contributed by atoms with Gasteiger partial charge in [0.1, 0.15) is 23.2 Å². The molecule has 45 heavy (non-hydrogen) atoms. The van der Waals surface area contributed by atoms with E-state index in [1.807, 2.05) is 50.8 Å². The van der Waals surface area contributed by atoms with Crippen LogP contribution >= 0.6 is 0 Å². The highest BCUT2D eigenvalue weighted by molar-refractivity contribution is 7.90. The van der Waals surface area contributed by atoms with E-state index in [0.29, 0.717) is 47.2 Å². The third-order valence-corrected chi connectivity index (χ3v) is 10.0. The molecule has 0 aliphatic carbocycles. The van der Waals surface area contributed by atoms with Gasteiger partial charge < -0.3 is 19.4 Å². The molecule has 13 heteroatoms. The Morgan fingerprint density at radius 1 is 1.13 bits per heavy atom. The number of benzene rings is 2. The molecule has 1 atom stereocenters. The molecule has 0 radical (unpaired) electrons. The molecule has 0 bridgehead atoms. The highest BCUT2D eigenvalue weighted by Crippen LogP contribution is 2.32.